The van der Waals surface area contributed by atoms with E-state index in [1.807, 2.05) is 0 Å². The van der Waals surface area contributed by atoms with Crippen LogP contribution in [0.15, 0.2) is 16.6 Å². The average Bonchev–Trinajstić information content (AvgIpc) is 2.30. The van der Waals surface area contributed by atoms with Crippen molar-refractivity contribution in [2.75, 3.05) is 14.2 Å². The number of nitro benzene ring substituents is 1. The second kappa shape index (κ2) is 5.74. The van der Waals surface area contributed by atoms with E-state index in [0.717, 1.165) is 0 Å². The standard InChI is InChI=1S/C10H11BrN2O4/c1-12-5-6-3-7(10(14)17-2)8(11)4-9(6)13(15)16/h3-4,12H,5H2,1-2H3. The van der Waals surface area contributed by atoms with Crippen molar-refractivity contribution >= 4 is 27.6 Å². The highest BCUT2D eigenvalue weighted by Gasteiger charge is 2.20. The number of halogens is 1. The molecule has 0 saturated heterocycles. The number of hydrogen-bond donors (Lipinski definition) is 1. The number of hydrogen-bond acceptors (Lipinski definition) is 5. The van der Waals surface area contributed by atoms with E-state index in [1.165, 1.54) is 19.2 Å². The van der Waals surface area contributed by atoms with Gasteiger partial charge < -0.3 is 10.1 Å². The maximum Gasteiger partial charge on any atom is 0.339 e. The fourth-order valence-electron chi connectivity index (χ4n) is 1.38. The first-order valence-electron chi connectivity index (χ1n) is 4.71. The summed E-state index contributed by atoms with van der Waals surface area (Å²) in [4.78, 5) is 21.8. The zero-order chi connectivity index (χ0) is 13.0. The van der Waals surface area contributed by atoms with E-state index in [2.05, 4.69) is 26.0 Å². The predicted molar refractivity (Wildman–Crippen MR) is 64.9 cm³/mol. The van der Waals surface area contributed by atoms with Crippen LogP contribution in [0.1, 0.15) is 15.9 Å². The van der Waals surface area contributed by atoms with Crippen molar-refractivity contribution in [3.63, 3.8) is 0 Å². The van der Waals surface area contributed by atoms with Crippen LogP contribution in [0.25, 0.3) is 0 Å². The van der Waals surface area contributed by atoms with Gasteiger partial charge in [0.2, 0.25) is 0 Å². The van der Waals surface area contributed by atoms with Crippen LogP contribution in [0.2, 0.25) is 0 Å². The number of carbonyl (C=O) groups is 1. The predicted octanol–water partition coefficient (Wildman–Crippen LogP) is 1.86. The first kappa shape index (κ1) is 13.6. The Hall–Kier alpha value is -1.47. The van der Waals surface area contributed by atoms with Crippen molar-refractivity contribution in [1.29, 1.82) is 0 Å². The summed E-state index contributed by atoms with van der Waals surface area (Å²) in [5.41, 5.74) is 0.656. The Balaban J connectivity index is 3.34. The number of methoxy groups -OCH3 is 1. The molecule has 7 heteroatoms. The van der Waals surface area contributed by atoms with Gasteiger partial charge in [-0.05, 0) is 29.0 Å². The molecule has 17 heavy (non-hydrogen) atoms. The third-order valence-electron chi connectivity index (χ3n) is 2.14. The van der Waals surface area contributed by atoms with Crippen molar-refractivity contribution in [1.82, 2.24) is 5.32 Å². The minimum Gasteiger partial charge on any atom is -0.465 e. The second-order valence-electron chi connectivity index (χ2n) is 3.24. The van der Waals surface area contributed by atoms with Crippen molar-refractivity contribution in [3.05, 3.63) is 37.8 Å². The first-order valence-corrected chi connectivity index (χ1v) is 5.50. The summed E-state index contributed by atoms with van der Waals surface area (Å²) in [5.74, 6) is -0.538. The van der Waals surface area contributed by atoms with E-state index in [4.69, 9.17) is 0 Å². The zero-order valence-electron chi connectivity index (χ0n) is 9.32. The van der Waals surface area contributed by atoms with Crippen LogP contribution in [-0.4, -0.2) is 25.1 Å². The molecule has 1 aromatic carbocycles. The smallest absolute Gasteiger partial charge is 0.339 e. The van der Waals surface area contributed by atoms with Gasteiger partial charge in [-0.25, -0.2) is 4.79 Å². The summed E-state index contributed by atoms with van der Waals surface area (Å²) in [5, 5.41) is 13.7. The second-order valence-corrected chi connectivity index (χ2v) is 4.09. The zero-order valence-corrected chi connectivity index (χ0v) is 10.9. The normalized spacial score (nSPS) is 10.1. The summed E-state index contributed by atoms with van der Waals surface area (Å²) in [6, 6.07) is 2.75. The van der Waals surface area contributed by atoms with Crippen LogP contribution in [0.3, 0.4) is 0 Å². The van der Waals surface area contributed by atoms with Crippen LogP contribution in [-0.2, 0) is 11.3 Å². The number of esters is 1. The minimum absolute atomic E-state index is 0.0427. The first-order chi connectivity index (χ1) is 8.01. The Morgan fingerprint density at radius 2 is 2.24 bits per heavy atom. The lowest BCUT2D eigenvalue weighted by Gasteiger charge is -2.07. The molecular weight excluding hydrogens is 292 g/mol. The molecule has 92 valence electrons. The van der Waals surface area contributed by atoms with Gasteiger partial charge in [0.05, 0.1) is 17.6 Å². The molecule has 0 aliphatic carbocycles. The van der Waals surface area contributed by atoms with E-state index >= 15 is 0 Å². The highest BCUT2D eigenvalue weighted by molar-refractivity contribution is 9.10. The van der Waals surface area contributed by atoms with Gasteiger partial charge in [0.1, 0.15) is 0 Å². The fourth-order valence-corrected chi connectivity index (χ4v) is 1.87. The van der Waals surface area contributed by atoms with Crippen LogP contribution in [0.5, 0.6) is 0 Å². The summed E-state index contributed by atoms with van der Waals surface area (Å²) in [6.07, 6.45) is 0. The maximum atomic E-state index is 11.4. The SMILES string of the molecule is CNCc1cc(C(=O)OC)c(Br)cc1[N+](=O)[O-]. The topological polar surface area (TPSA) is 81.5 Å². The molecule has 0 atom stereocenters. The van der Waals surface area contributed by atoms with Gasteiger partial charge in [0.15, 0.2) is 0 Å². The van der Waals surface area contributed by atoms with Gasteiger partial charge in [-0.1, -0.05) is 0 Å². The lowest BCUT2D eigenvalue weighted by atomic mass is 10.1. The van der Waals surface area contributed by atoms with E-state index in [1.54, 1.807) is 7.05 Å². The van der Waals surface area contributed by atoms with Crippen LogP contribution < -0.4 is 5.32 Å². The molecular formula is C10H11BrN2O4. The van der Waals surface area contributed by atoms with E-state index in [9.17, 15) is 14.9 Å². The Kier molecular flexibility index (Phi) is 4.59. The number of nitro groups is 1. The fraction of sp³-hybridized carbons (Fsp3) is 0.300. The van der Waals surface area contributed by atoms with E-state index < -0.39 is 10.9 Å². The van der Waals surface area contributed by atoms with Crippen molar-refractivity contribution < 1.29 is 14.5 Å². The molecule has 0 amide bonds. The molecule has 1 aromatic rings. The van der Waals surface area contributed by atoms with E-state index in [-0.39, 0.29) is 11.3 Å². The van der Waals surface area contributed by atoms with Crippen molar-refractivity contribution in [2.45, 2.75) is 6.54 Å². The molecule has 0 heterocycles. The van der Waals surface area contributed by atoms with Crippen LogP contribution >= 0.6 is 15.9 Å². The molecule has 0 aliphatic heterocycles. The molecule has 6 nitrogen and oxygen atoms in total. The number of carbonyl (C=O) groups excluding carboxylic acids is 1. The lowest BCUT2D eigenvalue weighted by Crippen LogP contribution is -2.10. The minimum atomic E-state index is -0.538. The molecule has 0 saturated carbocycles. The molecule has 1 rings (SSSR count). The van der Waals surface area contributed by atoms with Gasteiger partial charge in [0.25, 0.3) is 5.69 Å². The Morgan fingerprint density at radius 1 is 1.59 bits per heavy atom. The number of nitrogens with one attached hydrogen (secondary N) is 1. The summed E-state index contributed by atoms with van der Waals surface area (Å²) >= 11 is 3.12. The maximum absolute atomic E-state index is 11.4. The Morgan fingerprint density at radius 3 is 2.71 bits per heavy atom. The summed E-state index contributed by atoms with van der Waals surface area (Å²) in [7, 11) is 2.93. The molecule has 0 fully saturated rings. The van der Waals surface area contributed by atoms with Gasteiger partial charge in [-0.3, -0.25) is 10.1 Å². The quantitative estimate of drug-likeness (QED) is 0.521. The largest absolute Gasteiger partial charge is 0.465 e. The molecule has 0 spiro atoms. The number of ether oxygens (including phenoxy) is 1. The molecule has 0 unspecified atom stereocenters. The molecule has 0 radical (unpaired) electrons. The van der Waals surface area contributed by atoms with Gasteiger partial charge >= 0.3 is 5.97 Å². The summed E-state index contributed by atoms with van der Waals surface area (Å²) < 4.78 is 4.93. The Bertz CT molecular complexity index is 462. The Labute approximate surface area is 106 Å². The van der Waals surface area contributed by atoms with Gasteiger partial charge in [0, 0.05) is 22.6 Å². The third-order valence-corrected chi connectivity index (χ3v) is 2.79. The van der Waals surface area contributed by atoms with Gasteiger partial charge in [-0.2, -0.15) is 0 Å². The van der Waals surface area contributed by atoms with Gasteiger partial charge in [-0.15, -0.1) is 0 Å². The lowest BCUT2D eigenvalue weighted by molar-refractivity contribution is -0.385. The number of rotatable bonds is 4. The third kappa shape index (κ3) is 3.01. The highest BCUT2D eigenvalue weighted by atomic mass is 79.9. The van der Waals surface area contributed by atoms with E-state index in [0.29, 0.717) is 16.6 Å². The van der Waals surface area contributed by atoms with Crippen molar-refractivity contribution in [3.8, 4) is 0 Å². The summed E-state index contributed by atoms with van der Waals surface area (Å²) in [6.45, 7) is 0.299. The van der Waals surface area contributed by atoms with Crippen molar-refractivity contribution in [2.24, 2.45) is 0 Å². The monoisotopic (exact) mass is 302 g/mol. The number of nitrogens with zero attached hydrogens (tertiary/aromatic N) is 1. The molecule has 0 bridgehead atoms. The molecule has 0 aromatic heterocycles. The highest BCUT2D eigenvalue weighted by Crippen LogP contribution is 2.28. The molecule has 1 N–H and O–H groups in total. The average molecular weight is 303 g/mol. The van der Waals surface area contributed by atoms with Crippen LogP contribution in [0.4, 0.5) is 5.69 Å². The number of benzene rings is 1. The van der Waals surface area contributed by atoms with Crippen LogP contribution in [0, 0.1) is 10.1 Å². The molecule has 0 aliphatic rings.